The van der Waals surface area contributed by atoms with Gasteiger partial charge in [-0.2, -0.15) is 0 Å². The van der Waals surface area contributed by atoms with Crippen molar-refractivity contribution in [2.24, 2.45) is 0 Å². The van der Waals surface area contributed by atoms with Crippen molar-refractivity contribution in [1.29, 1.82) is 0 Å². The lowest BCUT2D eigenvalue weighted by Crippen LogP contribution is -1.78. The van der Waals surface area contributed by atoms with Gasteiger partial charge in [-0.3, -0.25) is 0 Å². The third-order valence-corrected chi connectivity index (χ3v) is 1.22. The molecule has 1 rings (SSSR count). The van der Waals surface area contributed by atoms with Gasteiger partial charge in [0.05, 0.1) is 6.20 Å². The number of hydrogen-bond acceptors (Lipinski definition) is 3. The molecule has 0 aliphatic carbocycles. The first kappa shape index (κ1) is 6.51. The third kappa shape index (κ3) is 1.65. The van der Waals surface area contributed by atoms with Crippen LogP contribution >= 0.6 is 12.0 Å². The van der Waals surface area contributed by atoms with Gasteiger partial charge in [-0.1, -0.05) is 0 Å². The fraction of sp³-hybridized carbons (Fsp3) is 0. The van der Waals surface area contributed by atoms with Crippen LogP contribution in [-0.2, 0) is 0 Å². The molecule has 0 aliphatic heterocycles. The maximum absolute atomic E-state index is 12.1. The molecule has 0 saturated carbocycles. The van der Waals surface area contributed by atoms with Gasteiger partial charge in [-0.15, -0.1) is 0 Å². The maximum atomic E-state index is 12.1. The molecule has 1 heterocycles. The van der Waals surface area contributed by atoms with Crippen LogP contribution in [0.3, 0.4) is 0 Å². The highest BCUT2D eigenvalue weighted by Gasteiger charge is 1.91. The Bertz CT molecular complexity index is 189. The lowest BCUT2D eigenvalue weighted by atomic mass is 10.5. The Morgan fingerprint density at radius 1 is 1.56 bits per heavy atom. The van der Waals surface area contributed by atoms with Gasteiger partial charge in [0.2, 0.25) is 0 Å². The molecule has 9 heavy (non-hydrogen) atoms. The van der Waals surface area contributed by atoms with Crippen molar-refractivity contribution in [3.05, 3.63) is 24.1 Å². The summed E-state index contributed by atoms with van der Waals surface area (Å²) in [5, 5.41) is 0.399. The van der Waals surface area contributed by atoms with E-state index in [2.05, 4.69) is 4.98 Å². The Kier molecular flexibility index (Phi) is 2.02. The van der Waals surface area contributed by atoms with E-state index < -0.39 is 5.82 Å². The molecule has 0 amide bonds. The topological polar surface area (TPSA) is 33.1 Å². The Morgan fingerprint density at radius 2 is 2.33 bits per heavy atom. The number of hydrogen-bond donors (Lipinski definition) is 1. The molecule has 4 heteroatoms. The summed E-state index contributed by atoms with van der Waals surface area (Å²) in [5.41, 5.74) is 0. The second-order valence-electron chi connectivity index (χ2n) is 1.41. The average molecular weight is 145 g/mol. The summed E-state index contributed by atoms with van der Waals surface area (Å²) in [7, 11) is 0. The molecule has 0 bridgehead atoms. The lowest BCUT2D eigenvalue weighted by Gasteiger charge is -1.89. The molecule has 2 nitrogen and oxygen atoms in total. The van der Waals surface area contributed by atoms with Crippen LogP contribution in [0.5, 0.6) is 0 Å². The van der Waals surface area contributed by atoms with Crippen LogP contribution in [0, 0.1) is 5.82 Å². The number of nitrogens with zero attached hydrogens (tertiary/aromatic N) is 1. The van der Waals surface area contributed by atoms with Crippen molar-refractivity contribution in [3.63, 3.8) is 0 Å². The molecule has 0 atom stereocenters. The minimum atomic E-state index is -0.396. The minimum Gasteiger partial charge on any atom is -0.324 e. The normalized spacial score (nSPS) is 9.56. The van der Waals surface area contributed by atoms with Crippen LogP contribution in [0.2, 0.25) is 0 Å². The highest BCUT2D eigenvalue weighted by atomic mass is 32.2. The van der Waals surface area contributed by atoms with E-state index in [0.29, 0.717) is 17.1 Å². The van der Waals surface area contributed by atoms with E-state index >= 15 is 0 Å². The van der Waals surface area contributed by atoms with Crippen LogP contribution in [0.25, 0.3) is 0 Å². The van der Waals surface area contributed by atoms with Crippen LogP contribution in [0.4, 0.5) is 4.39 Å². The molecule has 0 saturated heterocycles. The number of aromatic nitrogens is 1. The van der Waals surface area contributed by atoms with Crippen molar-refractivity contribution >= 4 is 12.0 Å². The van der Waals surface area contributed by atoms with E-state index in [-0.39, 0.29) is 0 Å². The zero-order chi connectivity index (χ0) is 6.69. The smallest absolute Gasteiger partial charge is 0.141 e. The Labute approximate surface area is 55.9 Å². The van der Waals surface area contributed by atoms with Gasteiger partial charge in [-0.05, 0) is 12.1 Å². The van der Waals surface area contributed by atoms with Gasteiger partial charge >= 0.3 is 0 Å². The summed E-state index contributed by atoms with van der Waals surface area (Å²) in [5.74, 6) is -0.396. The summed E-state index contributed by atoms with van der Waals surface area (Å²) < 4.78 is 20.4. The Balaban J connectivity index is 2.88. The summed E-state index contributed by atoms with van der Waals surface area (Å²) in [6, 6.07) is 2.64. The van der Waals surface area contributed by atoms with Crippen molar-refractivity contribution in [2.75, 3.05) is 0 Å². The summed E-state index contributed by atoms with van der Waals surface area (Å²) >= 11 is 0.500. The quantitative estimate of drug-likeness (QED) is 0.611. The van der Waals surface area contributed by atoms with Crippen LogP contribution in [-0.4, -0.2) is 9.54 Å². The molecule has 1 aromatic rings. The van der Waals surface area contributed by atoms with Gasteiger partial charge in [0.25, 0.3) is 0 Å². The van der Waals surface area contributed by atoms with E-state index in [0.717, 1.165) is 6.20 Å². The first-order valence-electron chi connectivity index (χ1n) is 2.26. The predicted molar refractivity (Wildman–Crippen MR) is 32.7 cm³/mol. The number of pyridine rings is 1. The number of rotatable bonds is 1. The summed E-state index contributed by atoms with van der Waals surface area (Å²) in [4.78, 5) is 3.53. The van der Waals surface area contributed by atoms with Crippen LogP contribution in [0.1, 0.15) is 0 Å². The molecular weight excluding hydrogens is 141 g/mol. The van der Waals surface area contributed by atoms with Crippen molar-refractivity contribution in [2.45, 2.75) is 5.03 Å². The molecule has 1 aromatic heterocycles. The van der Waals surface area contributed by atoms with Crippen molar-refractivity contribution in [1.82, 2.24) is 4.98 Å². The Morgan fingerprint density at radius 3 is 2.78 bits per heavy atom. The molecule has 48 valence electrons. The molecule has 0 unspecified atom stereocenters. The second kappa shape index (κ2) is 2.80. The van der Waals surface area contributed by atoms with Gasteiger partial charge in [0.1, 0.15) is 10.8 Å². The van der Waals surface area contributed by atoms with Gasteiger partial charge < -0.3 is 4.55 Å². The molecule has 0 aliphatic rings. The molecule has 0 fully saturated rings. The van der Waals surface area contributed by atoms with Crippen molar-refractivity contribution < 1.29 is 8.94 Å². The van der Waals surface area contributed by atoms with E-state index in [1.165, 1.54) is 12.1 Å². The van der Waals surface area contributed by atoms with E-state index in [9.17, 15) is 4.39 Å². The van der Waals surface area contributed by atoms with Gasteiger partial charge in [0.15, 0.2) is 0 Å². The van der Waals surface area contributed by atoms with Gasteiger partial charge in [-0.25, -0.2) is 9.37 Å². The zero-order valence-electron chi connectivity index (χ0n) is 4.41. The van der Waals surface area contributed by atoms with Crippen LogP contribution < -0.4 is 0 Å². The van der Waals surface area contributed by atoms with E-state index in [4.69, 9.17) is 4.55 Å². The standard InChI is InChI=1S/C5H4FNOS/c6-4-1-2-5(9-8)7-3-4/h1-3,8H. The predicted octanol–water partition coefficient (Wildman–Crippen LogP) is 1.79. The molecular formula is C5H4FNOS. The highest BCUT2D eigenvalue weighted by molar-refractivity contribution is 7.93. The lowest BCUT2D eigenvalue weighted by molar-refractivity contribution is 0.615. The molecule has 1 N–H and O–H groups in total. The third-order valence-electron chi connectivity index (χ3n) is 0.794. The van der Waals surface area contributed by atoms with Crippen LogP contribution in [0.15, 0.2) is 23.4 Å². The van der Waals surface area contributed by atoms with Crippen molar-refractivity contribution in [3.8, 4) is 0 Å². The van der Waals surface area contributed by atoms with Gasteiger partial charge in [0, 0.05) is 12.0 Å². The Hall–Kier alpha value is -0.610. The first-order chi connectivity index (χ1) is 4.33. The monoisotopic (exact) mass is 145 g/mol. The average Bonchev–Trinajstić information content (AvgIpc) is 1.90. The summed E-state index contributed by atoms with van der Waals surface area (Å²) in [6.45, 7) is 0. The first-order valence-corrected chi connectivity index (χ1v) is 3.03. The highest BCUT2D eigenvalue weighted by Crippen LogP contribution is 2.09. The van der Waals surface area contributed by atoms with E-state index in [1.54, 1.807) is 0 Å². The minimum absolute atomic E-state index is 0.396. The van der Waals surface area contributed by atoms with E-state index in [1.807, 2.05) is 0 Å². The maximum Gasteiger partial charge on any atom is 0.141 e. The zero-order valence-corrected chi connectivity index (χ0v) is 5.23. The molecule has 0 aromatic carbocycles. The fourth-order valence-corrected chi connectivity index (χ4v) is 0.645. The SMILES string of the molecule is OSc1ccc(F)cn1. The largest absolute Gasteiger partial charge is 0.324 e. The molecule has 0 spiro atoms. The number of halogens is 1. The summed E-state index contributed by atoms with van der Waals surface area (Å²) in [6.07, 6.45) is 1.05. The second-order valence-corrected chi connectivity index (χ2v) is 2.01. The fourth-order valence-electron chi connectivity index (χ4n) is 0.416. The molecule has 0 radical (unpaired) electrons.